The van der Waals surface area contributed by atoms with Gasteiger partial charge in [-0.1, -0.05) is 18.2 Å². The highest BCUT2D eigenvalue weighted by Crippen LogP contribution is 2.05. The van der Waals surface area contributed by atoms with E-state index in [4.69, 9.17) is 10.8 Å². The molecule has 0 saturated heterocycles. The van der Waals surface area contributed by atoms with E-state index in [1.54, 1.807) is 12.1 Å². The molecule has 0 radical (unpaired) electrons. The lowest BCUT2D eigenvalue weighted by Crippen LogP contribution is -2.26. The summed E-state index contributed by atoms with van der Waals surface area (Å²) in [6, 6.07) is 9.09. The molecular formula is C10H14N2O2. The van der Waals surface area contributed by atoms with Gasteiger partial charge in [-0.15, -0.1) is 0 Å². The fraction of sp³-hybridized carbons (Fsp3) is 0.300. The quantitative estimate of drug-likeness (QED) is 0.646. The second-order valence-corrected chi connectivity index (χ2v) is 3.01. The number of carbonyl (C=O) groups is 1. The Hall–Kier alpha value is -1.39. The molecule has 0 unspecified atom stereocenters. The molecule has 1 amide bonds. The number of hydrogen-bond donors (Lipinski definition) is 3. The summed E-state index contributed by atoms with van der Waals surface area (Å²) in [6.45, 7) is 0.0994. The van der Waals surface area contributed by atoms with Gasteiger partial charge in [-0.25, -0.2) is 0 Å². The van der Waals surface area contributed by atoms with Gasteiger partial charge >= 0.3 is 0 Å². The van der Waals surface area contributed by atoms with E-state index < -0.39 is 6.10 Å². The predicted molar refractivity (Wildman–Crippen MR) is 54.7 cm³/mol. The Balaban J connectivity index is 2.42. The van der Waals surface area contributed by atoms with Crippen LogP contribution in [0.4, 0.5) is 5.69 Å². The summed E-state index contributed by atoms with van der Waals surface area (Å²) in [5, 5.41) is 11.8. The molecule has 4 nitrogen and oxygen atoms in total. The van der Waals surface area contributed by atoms with Gasteiger partial charge < -0.3 is 16.2 Å². The molecule has 0 heterocycles. The number of amides is 1. The van der Waals surface area contributed by atoms with Crippen LogP contribution in [0.2, 0.25) is 0 Å². The number of rotatable bonds is 4. The lowest BCUT2D eigenvalue weighted by molar-refractivity contribution is -0.117. The average molecular weight is 194 g/mol. The summed E-state index contributed by atoms with van der Waals surface area (Å²) in [4.78, 5) is 11.3. The van der Waals surface area contributed by atoms with Crippen LogP contribution in [-0.2, 0) is 4.79 Å². The van der Waals surface area contributed by atoms with Crippen LogP contribution < -0.4 is 11.1 Å². The molecule has 0 aliphatic rings. The Labute approximate surface area is 82.7 Å². The van der Waals surface area contributed by atoms with E-state index >= 15 is 0 Å². The Morgan fingerprint density at radius 1 is 1.43 bits per heavy atom. The van der Waals surface area contributed by atoms with Gasteiger partial charge in [-0.2, -0.15) is 0 Å². The van der Waals surface area contributed by atoms with Gasteiger partial charge in [0.1, 0.15) is 0 Å². The second kappa shape index (κ2) is 5.36. The van der Waals surface area contributed by atoms with Crippen molar-refractivity contribution in [3.63, 3.8) is 0 Å². The molecule has 0 aliphatic heterocycles. The SMILES string of the molecule is NC[C@@H](O)CC(=O)Nc1ccccc1. The van der Waals surface area contributed by atoms with Crippen LogP contribution >= 0.6 is 0 Å². The zero-order valence-corrected chi connectivity index (χ0v) is 7.81. The van der Waals surface area contributed by atoms with E-state index in [1.165, 1.54) is 0 Å². The fourth-order valence-electron chi connectivity index (χ4n) is 1.03. The molecule has 0 bridgehead atoms. The third-order valence-corrected chi connectivity index (χ3v) is 1.75. The van der Waals surface area contributed by atoms with E-state index in [2.05, 4.69) is 5.32 Å². The van der Waals surface area contributed by atoms with Crippen LogP contribution in [-0.4, -0.2) is 23.7 Å². The summed E-state index contributed by atoms with van der Waals surface area (Å²) in [6.07, 6.45) is -0.732. The van der Waals surface area contributed by atoms with E-state index in [0.29, 0.717) is 0 Å². The van der Waals surface area contributed by atoms with E-state index in [1.807, 2.05) is 18.2 Å². The molecule has 0 fully saturated rings. The number of para-hydroxylation sites is 1. The van der Waals surface area contributed by atoms with Gasteiger partial charge in [0, 0.05) is 12.2 Å². The van der Waals surface area contributed by atoms with Crippen LogP contribution in [0.25, 0.3) is 0 Å². The maximum Gasteiger partial charge on any atom is 0.227 e. The molecule has 0 saturated carbocycles. The van der Waals surface area contributed by atoms with Gasteiger partial charge in [-0.05, 0) is 12.1 Å². The smallest absolute Gasteiger partial charge is 0.227 e. The topological polar surface area (TPSA) is 75.3 Å². The largest absolute Gasteiger partial charge is 0.391 e. The van der Waals surface area contributed by atoms with Crippen molar-refractivity contribution in [3.8, 4) is 0 Å². The third-order valence-electron chi connectivity index (χ3n) is 1.75. The van der Waals surface area contributed by atoms with E-state index in [0.717, 1.165) is 5.69 Å². The number of nitrogens with two attached hydrogens (primary N) is 1. The third kappa shape index (κ3) is 3.55. The van der Waals surface area contributed by atoms with Crippen molar-refractivity contribution in [1.82, 2.24) is 0 Å². The summed E-state index contributed by atoms with van der Waals surface area (Å²) in [5.74, 6) is -0.228. The first kappa shape index (κ1) is 10.7. The number of nitrogens with one attached hydrogen (secondary N) is 1. The van der Waals surface area contributed by atoms with Gasteiger partial charge in [0.2, 0.25) is 5.91 Å². The first-order chi connectivity index (χ1) is 6.72. The predicted octanol–water partition coefficient (Wildman–Crippen LogP) is 0.335. The zero-order valence-electron chi connectivity index (χ0n) is 7.81. The molecule has 4 N–H and O–H groups in total. The van der Waals surface area contributed by atoms with Crippen LogP contribution in [0, 0.1) is 0 Å². The minimum atomic E-state index is -0.765. The van der Waals surface area contributed by atoms with Crippen LogP contribution in [0.5, 0.6) is 0 Å². The van der Waals surface area contributed by atoms with Gasteiger partial charge in [0.05, 0.1) is 12.5 Å². The van der Waals surface area contributed by atoms with Crippen molar-refractivity contribution in [1.29, 1.82) is 0 Å². The van der Waals surface area contributed by atoms with Gasteiger partial charge in [0.15, 0.2) is 0 Å². The molecule has 76 valence electrons. The van der Waals surface area contributed by atoms with Crippen molar-refractivity contribution in [3.05, 3.63) is 30.3 Å². The number of benzene rings is 1. The lowest BCUT2D eigenvalue weighted by Gasteiger charge is -2.08. The Kier molecular flexibility index (Phi) is 4.10. The lowest BCUT2D eigenvalue weighted by atomic mass is 10.2. The molecular weight excluding hydrogens is 180 g/mol. The molecule has 0 spiro atoms. The molecule has 1 aromatic rings. The first-order valence-corrected chi connectivity index (χ1v) is 4.45. The molecule has 1 atom stereocenters. The normalized spacial score (nSPS) is 12.1. The van der Waals surface area contributed by atoms with Crippen LogP contribution in [0.3, 0.4) is 0 Å². The molecule has 14 heavy (non-hydrogen) atoms. The summed E-state index contributed by atoms with van der Waals surface area (Å²) in [5.41, 5.74) is 5.91. The minimum Gasteiger partial charge on any atom is -0.391 e. The Morgan fingerprint density at radius 2 is 2.07 bits per heavy atom. The van der Waals surface area contributed by atoms with E-state index in [9.17, 15) is 4.79 Å². The van der Waals surface area contributed by atoms with Gasteiger partial charge in [0.25, 0.3) is 0 Å². The minimum absolute atomic E-state index is 0.0331. The van der Waals surface area contributed by atoms with E-state index in [-0.39, 0.29) is 18.9 Å². The van der Waals surface area contributed by atoms with Crippen LogP contribution in [0.1, 0.15) is 6.42 Å². The Bertz CT molecular complexity index is 287. The molecule has 1 aromatic carbocycles. The number of hydrogen-bond acceptors (Lipinski definition) is 3. The maximum atomic E-state index is 11.3. The van der Waals surface area contributed by atoms with Crippen molar-refractivity contribution in [2.24, 2.45) is 5.73 Å². The zero-order chi connectivity index (χ0) is 10.4. The standard InChI is InChI=1S/C10H14N2O2/c11-7-9(13)6-10(14)12-8-4-2-1-3-5-8/h1-5,9,13H,6-7,11H2,(H,12,14)/t9-/m0/s1. The van der Waals surface area contributed by atoms with Gasteiger partial charge in [-0.3, -0.25) is 4.79 Å². The molecule has 0 aliphatic carbocycles. The van der Waals surface area contributed by atoms with Crippen molar-refractivity contribution >= 4 is 11.6 Å². The maximum absolute atomic E-state index is 11.3. The molecule has 1 rings (SSSR count). The monoisotopic (exact) mass is 194 g/mol. The highest BCUT2D eigenvalue weighted by Gasteiger charge is 2.08. The number of carbonyl (C=O) groups excluding carboxylic acids is 1. The summed E-state index contributed by atoms with van der Waals surface area (Å²) < 4.78 is 0. The molecule has 4 heteroatoms. The summed E-state index contributed by atoms with van der Waals surface area (Å²) >= 11 is 0. The average Bonchev–Trinajstić information content (AvgIpc) is 2.19. The second-order valence-electron chi connectivity index (χ2n) is 3.01. The fourth-order valence-corrected chi connectivity index (χ4v) is 1.03. The highest BCUT2D eigenvalue weighted by atomic mass is 16.3. The number of anilines is 1. The number of aliphatic hydroxyl groups excluding tert-OH is 1. The molecule has 0 aromatic heterocycles. The first-order valence-electron chi connectivity index (χ1n) is 4.45. The van der Waals surface area contributed by atoms with Crippen LogP contribution in [0.15, 0.2) is 30.3 Å². The van der Waals surface area contributed by atoms with Crippen molar-refractivity contribution in [2.75, 3.05) is 11.9 Å². The Morgan fingerprint density at radius 3 is 2.64 bits per heavy atom. The van der Waals surface area contributed by atoms with Crippen molar-refractivity contribution in [2.45, 2.75) is 12.5 Å². The number of aliphatic hydroxyl groups is 1. The highest BCUT2D eigenvalue weighted by molar-refractivity contribution is 5.90. The van der Waals surface area contributed by atoms with Crippen molar-refractivity contribution < 1.29 is 9.90 Å². The summed E-state index contributed by atoms with van der Waals surface area (Å²) in [7, 11) is 0.